The van der Waals surface area contributed by atoms with Crippen molar-refractivity contribution in [3.63, 3.8) is 0 Å². The normalized spacial score (nSPS) is 13.3. The molecule has 2 rings (SSSR count). The van der Waals surface area contributed by atoms with Gasteiger partial charge in [0.2, 0.25) is 0 Å². The molecule has 122 valence electrons. The first-order valence-corrected chi connectivity index (χ1v) is 8.02. The van der Waals surface area contributed by atoms with E-state index in [1.165, 1.54) is 0 Å². The Balaban J connectivity index is 1.85. The second kappa shape index (κ2) is 8.24. The molecule has 2 aromatic rings. The van der Waals surface area contributed by atoms with Crippen molar-refractivity contribution >= 4 is 22.2 Å². The molecular formula is C18H19BrO4. The fraction of sp³-hybridized carbons (Fsp3) is 0.278. The van der Waals surface area contributed by atoms with Gasteiger partial charge in [0.05, 0.1) is 17.7 Å². The zero-order chi connectivity index (χ0) is 16.7. The molecule has 0 aliphatic heterocycles. The van der Waals surface area contributed by atoms with E-state index in [2.05, 4.69) is 15.9 Å². The van der Waals surface area contributed by atoms with Crippen LogP contribution in [0.1, 0.15) is 22.8 Å². The third-order valence-corrected chi connectivity index (χ3v) is 4.03. The molecule has 0 aliphatic carbocycles. The minimum absolute atomic E-state index is 0.0582. The van der Waals surface area contributed by atoms with E-state index in [-0.39, 0.29) is 13.2 Å². The van der Waals surface area contributed by atoms with Gasteiger partial charge in [0.25, 0.3) is 0 Å². The molecule has 1 N–H and O–H groups in total. The number of halogens is 1. The van der Waals surface area contributed by atoms with Crippen LogP contribution in [0, 0.1) is 0 Å². The van der Waals surface area contributed by atoms with E-state index in [1.807, 2.05) is 30.3 Å². The summed E-state index contributed by atoms with van der Waals surface area (Å²) in [6.07, 6.45) is 0.748. The maximum absolute atomic E-state index is 10.9. The number of ether oxygens (including phenoxy) is 2. The van der Waals surface area contributed by atoms with Crippen LogP contribution < -0.4 is 4.74 Å². The third kappa shape index (κ3) is 5.46. The van der Waals surface area contributed by atoms with Crippen LogP contribution in [-0.2, 0) is 11.3 Å². The standard InChI is InChI=1S/C18H19BrO4/c1-18(21,12-22-11-14-6-3-2-4-7-14)13-23-16-9-5-8-15(10-20)17(16)19/h2-10,21H,11-13H2,1H3. The molecule has 0 amide bonds. The van der Waals surface area contributed by atoms with E-state index in [4.69, 9.17) is 9.47 Å². The summed E-state index contributed by atoms with van der Waals surface area (Å²) in [6.45, 7) is 2.28. The lowest BCUT2D eigenvalue weighted by Gasteiger charge is -2.24. The van der Waals surface area contributed by atoms with Crippen molar-refractivity contribution in [1.29, 1.82) is 0 Å². The van der Waals surface area contributed by atoms with Crippen molar-refractivity contribution in [3.05, 3.63) is 64.1 Å². The smallest absolute Gasteiger partial charge is 0.151 e. The highest BCUT2D eigenvalue weighted by Crippen LogP contribution is 2.28. The summed E-state index contributed by atoms with van der Waals surface area (Å²) in [5, 5.41) is 10.3. The minimum Gasteiger partial charge on any atom is -0.489 e. The number of carbonyl (C=O) groups excluding carboxylic acids is 1. The number of carbonyl (C=O) groups is 1. The zero-order valence-electron chi connectivity index (χ0n) is 12.9. The zero-order valence-corrected chi connectivity index (χ0v) is 14.5. The van der Waals surface area contributed by atoms with Crippen LogP contribution in [0.5, 0.6) is 5.75 Å². The van der Waals surface area contributed by atoms with E-state index in [0.717, 1.165) is 11.8 Å². The Kier molecular flexibility index (Phi) is 6.33. The first kappa shape index (κ1) is 17.7. The Morgan fingerprint density at radius 3 is 2.57 bits per heavy atom. The van der Waals surface area contributed by atoms with Gasteiger partial charge in [-0.1, -0.05) is 42.5 Å². The molecule has 0 spiro atoms. The van der Waals surface area contributed by atoms with E-state index < -0.39 is 5.60 Å². The Morgan fingerprint density at radius 2 is 1.87 bits per heavy atom. The number of aliphatic hydroxyl groups is 1. The fourth-order valence-corrected chi connectivity index (χ4v) is 2.44. The van der Waals surface area contributed by atoms with Crippen LogP contribution in [0.25, 0.3) is 0 Å². The summed E-state index contributed by atoms with van der Waals surface area (Å²) >= 11 is 3.32. The molecule has 1 atom stereocenters. The fourth-order valence-electron chi connectivity index (χ4n) is 1.97. The van der Waals surface area contributed by atoms with Crippen LogP contribution in [-0.4, -0.2) is 30.2 Å². The first-order valence-electron chi connectivity index (χ1n) is 7.22. The van der Waals surface area contributed by atoms with Gasteiger partial charge in [-0.25, -0.2) is 0 Å². The summed E-state index contributed by atoms with van der Waals surface area (Å²) in [5.74, 6) is 0.512. The molecule has 23 heavy (non-hydrogen) atoms. The molecule has 0 fully saturated rings. The predicted molar refractivity (Wildman–Crippen MR) is 91.7 cm³/mol. The lowest BCUT2D eigenvalue weighted by Crippen LogP contribution is -2.37. The molecule has 0 bridgehead atoms. The maximum atomic E-state index is 10.9. The molecule has 0 aliphatic rings. The highest BCUT2D eigenvalue weighted by Gasteiger charge is 2.22. The average molecular weight is 379 g/mol. The molecule has 1 unspecified atom stereocenters. The monoisotopic (exact) mass is 378 g/mol. The van der Waals surface area contributed by atoms with Crippen molar-refractivity contribution in [2.75, 3.05) is 13.2 Å². The van der Waals surface area contributed by atoms with Gasteiger partial charge in [0, 0.05) is 5.56 Å². The lowest BCUT2D eigenvalue weighted by atomic mass is 10.1. The van der Waals surface area contributed by atoms with E-state index in [1.54, 1.807) is 25.1 Å². The first-order chi connectivity index (χ1) is 11.0. The molecule has 0 saturated carbocycles. The third-order valence-electron chi connectivity index (χ3n) is 3.18. The number of hydrogen-bond donors (Lipinski definition) is 1. The van der Waals surface area contributed by atoms with Crippen LogP contribution in [0.15, 0.2) is 53.0 Å². The topological polar surface area (TPSA) is 55.8 Å². The summed E-state index contributed by atoms with van der Waals surface area (Å²) in [5.41, 5.74) is 0.416. The summed E-state index contributed by atoms with van der Waals surface area (Å²) in [7, 11) is 0. The van der Waals surface area contributed by atoms with Crippen molar-refractivity contribution in [2.24, 2.45) is 0 Å². The second-order valence-electron chi connectivity index (χ2n) is 5.54. The van der Waals surface area contributed by atoms with E-state index >= 15 is 0 Å². The molecule has 0 heterocycles. The summed E-state index contributed by atoms with van der Waals surface area (Å²) in [6, 6.07) is 14.9. The van der Waals surface area contributed by atoms with Gasteiger partial charge in [-0.3, -0.25) is 4.79 Å². The quantitative estimate of drug-likeness (QED) is 0.712. The van der Waals surface area contributed by atoms with Crippen LogP contribution in [0.4, 0.5) is 0 Å². The number of hydrogen-bond acceptors (Lipinski definition) is 4. The molecule has 0 radical (unpaired) electrons. The molecular weight excluding hydrogens is 360 g/mol. The minimum atomic E-state index is -1.13. The van der Waals surface area contributed by atoms with Crippen LogP contribution in [0.3, 0.4) is 0 Å². The molecule has 0 aromatic heterocycles. The van der Waals surface area contributed by atoms with Crippen molar-refractivity contribution in [3.8, 4) is 5.75 Å². The Morgan fingerprint density at radius 1 is 1.13 bits per heavy atom. The molecule has 2 aromatic carbocycles. The summed E-state index contributed by atoms with van der Waals surface area (Å²) in [4.78, 5) is 10.9. The number of aldehydes is 1. The largest absolute Gasteiger partial charge is 0.489 e. The number of benzene rings is 2. The molecule has 4 nitrogen and oxygen atoms in total. The van der Waals surface area contributed by atoms with Gasteiger partial charge < -0.3 is 14.6 Å². The maximum Gasteiger partial charge on any atom is 0.151 e. The van der Waals surface area contributed by atoms with Crippen molar-refractivity contribution < 1.29 is 19.4 Å². The molecule has 0 saturated heterocycles. The van der Waals surface area contributed by atoms with Crippen LogP contribution in [0.2, 0.25) is 0 Å². The van der Waals surface area contributed by atoms with Gasteiger partial charge in [-0.2, -0.15) is 0 Å². The van der Waals surface area contributed by atoms with Crippen molar-refractivity contribution in [2.45, 2.75) is 19.1 Å². The Labute approximate surface area is 144 Å². The van der Waals surface area contributed by atoms with Crippen molar-refractivity contribution in [1.82, 2.24) is 0 Å². The highest BCUT2D eigenvalue weighted by molar-refractivity contribution is 9.10. The highest BCUT2D eigenvalue weighted by atomic mass is 79.9. The van der Waals surface area contributed by atoms with Gasteiger partial charge in [-0.15, -0.1) is 0 Å². The number of rotatable bonds is 8. The SMILES string of the molecule is CC(O)(COCc1ccccc1)COc1cccc(C=O)c1Br. The lowest BCUT2D eigenvalue weighted by molar-refractivity contribution is -0.0637. The second-order valence-corrected chi connectivity index (χ2v) is 6.33. The Bertz CT molecular complexity index is 641. The predicted octanol–water partition coefficient (Wildman–Crippen LogP) is 3.61. The van der Waals surface area contributed by atoms with E-state index in [0.29, 0.717) is 22.4 Å². The average Bonchev–Trinajstić information content (AvgIpc) is 2.55. The van der Waals surface area contributed by atoms with Gasteiger partial charge in [-0.05, 0) is 34.5 Å². The van der Waals surface area contributed by atoms with Gasteiger partial charge in [0.15, 0.2) is 6.29 Å². The molecule has 5 heteroatoms. The Hall–Kier alpha value is -1.69. The summed E-state index contributed by atoms with van der Waals surface area (Å²) < 4.78 is 11.7. The van der Waals surface area contributed by atoms with Gasteiger partial charge >= 0.3 is 0 Å². The van der Waals surface area contributed by atoms with Gasteiger partial charge in [0.1, 0.15) is 18.0 Å². The van der Waals surface area contributed by atoms with Crippen LogP contribution >= 0.6 is 15.9 Å². The van der Waals surface area contributed by atoms with E-state index in [9.17, 15) is 9.90 Å².